The summed E-state index contributed by atoms with van der Waals surface area (Å²) in [6.45, 7) is -1.07. The van der Waals surface area contributed by atoms with E-state index >= 15 is 0 Å². The Morgan fingerprint density at radius 1 is 1.44 bits per heavy atom. The molecule has 0 amide bonds. The summed E-state index contributed by atoms with van der Waals surface area (Å²) in [5.41, 5.74) is 0.353. The predicted octanol–water partition coefficient (Wildman–Crippen LogP) is 0.748. The van der Waals surface area contributed by atoms with Crippen LogP contribution in [0.4, 0.5) is 13.2 Å². The topological polar surface area (TPSA) is 71.3 Å². The fourth-order valence-electron chi connectivity index (χ4n) is 1.29. The van der Waals surface area contributed by atoms with Gasteiger partial charge in [0.25, 0.3) is 0 Å². The summed E-state index contributed by atoms with van der Waals surface area (Å²) in [6.07, 6.45) is -4.41. The standard InChI is InChI=1S/C9H13F3N2O3S/c1-14-5-8(4-7(14)6-15)18(16,17)13-3-2-9(10,11)12/h4-5,13,15H,2-3,6H2,1H3. The van der Waals surface area contributed by atoms with Crippen LogP contribution in [0, 0.1) is 0 Å². The molecule has 0 aliphatic carbocycles. The summed E-state index contributed by atoms with van der Waals surface area (Å²) in [6, 6.07) is 1.20. The van der Waals surface area contributed by atoms with Crippen LogP contribution in [0.1, 0.15) is 12.1 Å². The molecule has 9 heteroatoms. The maximum atomic E-state index is 11.9. The highest BCUT2D eigenvalue weighted by Crippen LogP contribution is 2.19. The Hall–Kier alpha value is -1.06. The first-order valence-corrected chi connectivity index (χ1v) is 6.46. The van der Waals surface area contributed by atoms with E-state index in [9.17, 15) is 21.6 Å². The van der Waals surface area contributed by atoms with Crippen LogP contribution in [0.15, 0.2) is 17.2 Å². The van der Waals surface area contributed by atoms with Crippen molar-refractivity contribution in [3.8, 4) is 0 Å². The lowest BCUT2D eigenvalue weighted by atomic mass is 10.4. The number of nitrogens with one attached hydrogen (secondary N) is 1. The average Bonchev–Trinajstić information content (AvgIpc) is 2.58. The molecule has 0 radical (unpaired) electrons. The number of alkyl halides is 3. The van der Waals surface area contributed by atoms with Gasteiger partial charge in [-0.25, -0.2) is 13.1 Å². The van der Waals surface area contributed by atoms with Gasteiger partial charge in [0.15, 0.2) is 0 Å². The van der Waals surface area contributed by atoms with Gasteiger partial charge in [0.05, 0.1) is 17.9 Å². The number of aliphatic hydroxyl groups is 1. The lowest BCUT2D eigenvalue weighted by Crippen LogP contribution is -2.27. The quantitative estimate of drug-likeness (QED) is 0.839. The molecular weight excluding hydrogens is 273 g/mol. The highest BCUT2D eigenvalue weighted by molar-refractivity contribution is 7.89. The van der Waals surface area contributed by atoms with Crippen molar-refractivity contribution in [2.75, 3.05) is 6.54 Å². The molecule has 0 bridgehead atoms. The summed E-state index contributed by atoms with van der Waals surface area (Å²) in [5.74, 6) is 0. The van der Waals surface area contributed by atoms with Crippen molar-refractivity contribution in [1.82, 2.24) is 9.29 Å². The number of rotatable bonds is 5. The zero-order chi connectivity index (χ0) is 14.0. The number of aliphatic hydroxyl groups excluding tert-OH is 1. The van der Waals surface area contributed by atoms with E-state index in [4.69, 9.17) is 5.11 Å². The number of halogens is 3. The average molecular weight is 286 g/mol. The number of sulfonamides is 1. The van der Waals surface area contributed by atoms with Crippen molar-refractivity contribution >= 4 is 10.0 Å². The van der Waals surface area contributed by atoms with Crippen molar-refractivity contribution in [3.05, 3.63) is 18.0 Å². The van der Waals surface area contributed by atoms with Gasteiger partial charge in [-0.2, -0.15) is 13.2 Å². The fourth-order valence-corrected chi connectivity index (χ4v) is 2.42. The SMILES string of the molecule is Cn1cc(S(=O)(=O)NCCC(F)(F)F)cc1CO. The second-order valence-corrected chi connectivity index (χ2v) is 5.47. The second-order valence-electron chi connectivity index (χ2n) is 3.70. The van der Waals surface area contributed by atoms with Crippen LogP contribution in [-0.2, 0) is 23.7 Å². The molecule has 18 heavy (non-hydrogen) atoms. The lowest BCUT2D eigenvalue weighted by molar-refractivity contribution is -0.132. The largest absolute Gasteiger partial charge is 0.390 e. The summed E-state index contributed by atoms with van der Waals surface area (Å²) >= 11 is 0. The molecule has 0 unspecified atom stereocenters. The molecule has 1 heterocycles. The van der Waals surface area contributed by atoms with Crippen molar-refractivity contribution in [2.45, 2.75) is 24.1 Å². The molecular formula is C9H13F3N2O3S. The van der Waals surface area contributed by atoms with Gasteiger partial charge in [-0.3, -0.25) is 0 Å². The third-order valence-corrected chi connectivity index (χ3v) is 3.68. The van der Waals surface area contributed by atoms with Gasteiger partial charge in [0.1, 0.15) is 0 Å². The molecule has 0 aliphatic rings. The fraction of sp³-hybridized carbons (Fsp3) is 0.556. The lowest BCUT2D eigenvalue weighted by Gasteiger charge is -2.07. The van der Waals surface area contributed by atoms with Crippen LogP contribution in [0.25, 0.3) is 0 Å². The molecule has 1 aromatic heterocycles. The van der Waals surface area contributed by atoms with Gasteiger partial charge in [-0.15, -0.1) is 0 Å². The molecule has 0 fully saturated rings. The van der Waals surface area contributed by atoms with E-state index < -0.39 is 29.2 Å². The Bertz CT molecular complexity index is 508. The highest BCUT2D eigenvalue weighted by Gasteiger charge is 2.27. The smallest absolute Gasteiger partial charge is 0.390 e. The second kappa shape index (κ2) is 5.29. The summed E-state index contributed by atoms with van der Waals surface area (Å²) in [5, 5.41) is 8.90. The van der Waals surface area contributed by atoms with E-state index in [1.54, 1.807) is 0 Å². The number of aryl methyl sites for hydroxylation is 1. The molecule has 0 spiro atoms. The predicted molar refractivity (Wildman–Crippen MR) is 57.2 cm³/mol. The Morgan fingerprint density at radius 3 is 2.50 bits per heavy atom. The minimum atomic E-state index is -4.41. The minimum Gasteiger partial charge on any atom is -0.390 e. The van der Waals surface area contributed by atoms with E-state index in [2.05, 4.69) is 0 Å². The molecule has 5 nitrogen and oxygen atoms in total. The Labute approximate surface area is 102 Å². The third-order valence-electron chi connectivity index (χ3n) is 2.26. The maximum absolute atomic E-state index is 11.9. The zero-order valence-corrected chi connectivity index (χ0v) is 10.3. The molecule has 0 saturated carbocycles. The molecule has 0 saturated heterocycles. The number of aromatic nitrogens is 1. The van der Waals surface area contributed by atoms with Gasteiger partial charge < -0.3 is 9.67 Å². The van der Waals surface area contributed by atoms with Gasteiger partial charge >= 0.3 is 6.18 Å². The minimum absolute atomic E-state index is 0.170. The molecule has 0 aliphatic heterocycles. The first-order chi connectivity index (χ1) is 8.15. The van der Waals surface area contributed by atoms with Gasteiger partial charge in [0.2, 0.25) is 10.0 Å². The monoisotopic (exact) mass is 286 g/mol. The van der Waals surface area contributed by atoms with Crippen LogP contribution in [0.5, 0.6) is 0 Å². The van der Waals surface area contributed by atoms with Crippen molar-refractivity contribution < 1.29 is 26.7 Å². The normalized spacial score (nSPS) is 12.9. The third kappa shape index (κ3) is 4.00. The first-order valence-electron chi connectivity index (χ1n) is 4.98. The first kappa shape index (κ1) is 15.0. The van der Waals surface area contributed by atoms with E-state index in [1.807, 2.05) is 4.72 Å². The summed E-state index contributed by atoms with van der Waals surface area (Å²) in [7, 11) is -2.45. The van der Waals surface area contributed by atoms with Crippen LogP contribution in [0.3, 0.4) is 0 Å². The van der Waals surface area contributed by atoms with E-state index in [-0.39, 0.29) is 11.5 Å². The van der Waals surface area contributed by atoms with Crippen LogP contribution in [-0.4, -0.2) is 30.8 Å². The van der Waals surface area contributed by atoms with Crippen molar-refractivity contribution in [2.24, 2.45) is 7.05 Å². The van der Waals surface area contributed by atoms with Crippen molar-refractivity contribution in [1.29, 1.82) is 0 Å². The molecule has 0 aromatic carbocycles. The molecule has 1 rings (SSSR count). The zero-order valence-electron chi connectivity index (χ0n) is 9.53. The maximum Gasteiger partial charge on any atom is 0.390 e. The number of nitrogens with zero attached hydrogens (tertiary/aromatic N) is 1. The van der Waals surface area contributed by atoms with Crippen molar-refractivity contribution in [3.63, 3.8) is 0 Å². The number of hydrogen-bond donors (Lipinski definition) is 2. The Kier molecular flexibility index (Phi) is 4.41. The molecule has 0 atom stereocenters. The van der Waals surface area contributed by atoms with Gasteiger partial charge in [-0.1, -0.05) is 0 Å². The summed E-state index contributed by atoms with van der Waals surface area (Å²) in [4.78, 5) is -0.170. The highest BCUT2D eigenvalue weighted by atomic mass is 32.2. The van der Waals surface area contributed by atoms with E-state index in [0.29, 0.717) is 5.69 Å². The van der Waals surface area contributed by atoms with Crippen LogP contribution < -0.4 is 4.72 Å². The van der Waals surface area contributed by atoms with Crippen LogP contribution >= 0.6 is 0 Å². The van der Waals surface area contributed by atoms with Gasteiger partial charge in [-0.05, 0) is 6.07 Å². The molecule has 104 valence electrons. The van der Waals surface area contributed by atoms with E-state index in [0.717, 1.165) is 0 Å². The Morgan fingerprint density at radius 2 is 2.06 bits per heavy atom. The Balaban J connectivity index is 2.74. The number of hydrogen-bond acceptors (Lipinski definition) is 3. The molecule has 2 N–H and O–H groups in total. The molecule has 1 aromatic rings. The van der Waals surface area contributed by atoms with Gasteiger partial charge in [0, 0.05) is 25.5 Å². The summed E-state index contributed by atoms with van der Waals surface area (Å²) < 4.78 is 62.1. The van der Waals surface area contributed by atoms with Crippen LogP contribution in [0.2, 0.25) is 0 Å². The van der Waals surface area contributed by atoms with E-state index in [1.165, 1.54) is 23.9 Å².